The van der Waals surface area contributed by atoms with Crippen molar-refractivity contribution >= 4 is 9.24 Å². The summed E-state index contributed by atoms with van der Waals surface area (Å²) < 4.78 is 6.16. The molecule has 6 atom stereocenters. The van der Waals surface area contributed by atoms with E-state index in [1.165, 1.54) is 37.7 Å². The Morgan fingerprint density at radius 3 is 2.86 bits per heavy atom. The second kappa shape index (κ2) is 6.62. The molecular weight excluding hydrogens is 287 g/mol. The molecular formula is C20H31OP. The van der Waals surface area contributed by atoms with Gasteiger partial charge in [0.2, 0.25) is 0 Å². The lowest BCUT2D eigenvalue weighted by Gasteiger charge is -2.37. The van der Waals surface area contributed by atoms with Crippen LogP contribution < -0.4 is 0 Å². The smallest absolute Gasteiger partial charge is 0.0926 e. The van der Waals surface area contributed by atoms with Crippen molar-refractivity contribution in [2.24, 2.45) is 17.8 Å². The highest BCUT2D eigenvalue weighted by Crippen LogP contribution is 2.44. The maximum atomic E-state index is 6.16. The Labute approximate surface area is 138 Å². The zero-order valence-electron chi connectivity index (χ0n) is 14.3. The third kappa shape index (κ3) is 3.00. The molecule has 0 aromatic heterocycles. The molecule has 2 aliphatic carbocycles. The van der Waals surface area contributed by atoms with Crippen molar-refractivity contribution in [1.82, 2.24) is 0 Å². The molecule has 2 heteroatoms. The summed E-state index contributed by atoms with van der Waals surface area (Å²) in [5.74, 6) is 1.99. The minimum Gasteiger partial charge on any atom is -0.370 e. The molecule has 122 valence electrons. The minimum atomic E-state index is -0.0692. The van der Waals surface area contributed by atoms with Gasteiger partial charge in [0.25, 0.3) is 0 Å². The van der Waals surface area contributed by atoms with Gasteiger partial charge in [-0.2, -0.15) is 0 Å². The molecule has 1 nitrogen and oxygen atoms in total. The summed E-state index contributed by atoms with van der Waals surface area (Å²) in [4.78, 5) is 0. The second-order valence-corrected chi connectivity index (χ2v) is 8.48. The number of hydrogen-bond donors (Lipinski definition) is 0. The van der Waals surface area contributed by atoms with Gasteiger partial charge in [0.15, 0.2) is 0 Å². The van der Waals surface area contributed by atoms with Crippen LogP contribution in [0.4, 0.5) is 0 Å². The lowest BCUT2D eigenvalue weighted by molar-refractivity contribution is 0.0326. The lowest BCUT2D eigenvalue weighted by atomic mass is 9.72. The first kappa shape index (κ1) is 16.5. The third-order valence-corrected chi connectivity index (χ3v) is 6.75. The summed E-state index contributed by atoms with van der Waals surface area (Å²) >= 11 is 0. The first-order valence-corrected chi connectivity index (χ1v) is 9.68. The van der Waals surface area contributed by atoms with Gasteiger partial charge < -0.3 is 4.74 Å². The maximum Gasteiger partial charge on any atom is 0.0926 e. The second-order valence-electron chi connectivity index (χ2n) is 7.54. The van der Waals surface area contributed by atoms with E-state index in [4.69, 9.17) is 4.74 Å². The van der Waals surface area contributed by atoms with E-state index in [0.717, 1.165) is 18.2 Å². The van der Waals surface area contributed by atoms with Crippen LogP contribution in [0.5, 0.6) is 0 Å². The molecule has 0 spiro atoms. The van der Waals surface area contributed by atoms with Crippen LogP contribution in [0.15, 0.2) is 35.5 Å². The van der Waals surface area contributed by atoms with Gasteiger partial charge in [-0.05, 0) is 68.0 Å². The van der Waals surface area contributed by atoms with E-state index in [0.29, 0.717) is 11.8 Å². The predicted molar refractivity (Wildman–Crippen MR) is 98.1 cm³/mol. The van der Waals surface area contributed by atoms with Crippen molar-refractivity contribution in [3.8, 4) is 0 Å². The maximum absolute atomic E-state index is 6.16. The van der Waals surface area contributed by atoms with E-state index in [-0.39, 0.29) is 5.60 Å². The minimum absolute atomic E-state index is 0.0692. The van der Waals surface area contributed by atoms with Gasteiger partial charge in [0.05, 0.1) is 5.60 Å². The van der Waals surface area contributed by atoms with Crippen molar-refractivity contribution in [2.45, 2.75) is 64.1 Å². The Balaban J connectivity index is 1.85. The highest BCUT2D eigenvalue weighted by molar-refractivity contribution is 7.17. The first-order chi connectivity index (χ1) is 10.5. The molecule has 0 saturated carbocycles. The van der Waals surface area contributed by atoms with Gasteiger partial charge in [-0.1, -0.05) is 43.7 Å². The normalized spacial score (nSPS) is 42.2. The fourth-order valence-electron chi connectivity index (χ4n) is 4.44. The number of hydrogen-bond acceptors (Lipinski definition) is 1. The van der Waals surface area contributed by atoms with Gasteiger partial charge in [-0.15, -0.1) is 9.24 Å². The molecule has 1 heterocycles. The monoisotopic (exact) mass is 318 g/mol. The summed E-state index contributed by atoms with van der Waals surface area (Å²) in [7, 11) is 3.05. The summed E-state index contributed by atoms with van der Waals surface area (Å²) in [6, 6.07) is 0. The Bertz CT molecular complexity index is 504. The highest BCUT2D eigenvalue weighted by atomic mass is 31.0. The fourth-order valence-corrected chi connectivity index (χ4v) is 4.86. The van der Waals surface area contributed by atoms with Gasteiger partial charge in [0, 0.05) is 6.61 Å². The third-order valence-electron chi connectivity index (χ3n) is 6.21. The highest BCUT2D eigenvalue weighted by Gasteiger charge is 2.41. The van der Waals surface area contributed by atoms with Gasteiger partial charge >= 0.3 is 0 Å². The molecule has 0 bridgehead atoms. The molecule has 1 saturated heterocycles. The van der Waals surface area contributed by atoms with Gasteiger partial charge in [-0.25, -0.2) is 0 Å². The molecule has 3 unspecified atom stereocenters. The zero-order chi connectivity index (χ0) is 15.7. The predicted octanol–water partition coefficient (Wildman–Crippen LogP) is 5.29. The van der Waals surface area contributed by atoms with Crippen molar-refractivity contribution in [3.05, 3.63) is 35.5 Å². The van der Waals surface area contributed by atoms with E-state index in [9.17, 15) is 0 Å². The summed E-state index contributed by atoms with van der Waals surface area (Å²) in [6.07, 6.45) is 15.9. The number of allylic oxidation sites excluding steroid dienone is 4. The molecule has 0 radical (unpaired) electrons. The van der Waals surface area contributed by atoms with Crippen LogP contribution in [0.2, 0.25) is 0 Å². The molecule has 3 aliphatic rings. The first-order valence-electron chi connectivity index (χ1n) is 9.02. The molecule has 22 heavy (non-hydrogen) atoms. The van der Waals surface area contributed by atoms with Crippen molar-refractivity contribution < 1.29 is 4.74 Å². The topological polar surface area (TPSA) is 9.23 Å². The molecule has 0 N–H and O–H groups in total. The molecule has 1 fully saturated rings. The molecule has 3 rings (SSSR count). The van der Waals surface area contributed by atoms with Crippen molar-refractivity contribution in [1.29, 1.82) is 0 Å². The Hall–Kier alpha value is -0.390. The molecule has 0 amide bonds. The van der Waals surface area contributed by atoms with Crippen LogP contribution in [0.3, 0.4) is 0 Å². The Kier molecular flexibility index (Phi) is 4.95. The average Bonchev–Trinajstić information content (AvgIpc) is 2.88. The average molecular weight is 318 g/mol. The quantitative estimate of drug-likeness (QED) is 0.507. The van der Waals surface area contributed by atoms with E-state index in [2.05, 4.69) is 54.3 Å². The standard InChI is InChI=1S/C20H31OP/c1-4-15-8-9-18(22)13-19(15)16-6-5-7-17(12-16)20(3)14(2)10-11-21-20/h5,7-8,12,14,16,18-19H,4,6,9-11,13,22H2,1-3H3/t14-,16+,18?,19-,20?/m1/s1. The molecule has 0 aromatic carbocycles. The van der Waals surface area contributed by atoms with Crippen molar-refractivity contribution in [3.63, 3.8) is 0 Å². The SMILES string of the molecule is CCC1=CCC(P)C[C@H]1[C@@H]1C=C(C2(C)OCC[C@H]2C)C=CC1. The Morgan fingerprint density at radius 1 is 1.36 bits per heavy atom. The Morgan fingerprint density at radius 2 is 2.18 bits per heavy atom. The zero-order valence-corrected chi connectivity index (χ0v) is 15.5. The van der Waals surface area contributed by atoms with Crippen molar-refractivity contribution in [2.75, 3.05) is 6.61 Å². The van der Waals surface area contributed by atoms with E-state index in [1.54, 1.807) is 5.57 Å². The van der Waals surface area contributed by atoms with Crippen LogP contribution in [0, 0.1) is 17.8 Å². The van der Waals surface area contributed by atoms with E-state index >= 15 is 0 Å². The van der Waals surface area contributed by atoms with Gasteiger partial charge in [-0.3, -0.25) is 0 Å². The van der Waals surface area contributed by atoms with Crippen LogP contribution in [0.1, 0.15) is 52.9 Å². The summed E-state index contributed by atoms with van der Waals surface area (Å²) in [5.41, 5.74) is 3.79. The number of rotatable bonds is 3. The summed E-state index contributed by atoms with van der Waals surface area (Å²) in [5, 5.41) is 0. The van der Waals surface area contributed by atoms with E-state index in [1.807, 2.05) is 0 Å². The lowest BCUT2D eigenvalue weighted by Crippen LogP contribution is -2.34. The van der Waals surface area contributed by atoms with Crippen LogP contribution in [0.25, 0.3) is 0 Å². The number of ether oxygens (including phenoxy) is 1. The largest absolute Gasteiger partial charge is 0.370 e. The van der Waals surface area contributed by atoms with Crippen LogP contribution in [-0.4, -0.2) is 17.9 Å². The molecule has 0 aromatic rings. The van der Waals surface area contributed by atoms with Gasteiger partial charge in [0.1, 0.15) is 0 Å². The van der Waals surface area contributed by atoms with Crippen LogP contribution in [-0.2, 0) is 4.74 Å². The fraction of sp³-hybridized carbons (Fsp3) is 0.700. The summed E-state index contributed by atoms with van der Waals surface area (Å²) in [6.45, 7) is 7.85. The van der Waals surface area contributed by atoms with Crippen LogP contribution >= 0.6 is 9.24 Å². The van der Waals surface area contributed by atoms with E-state index < -0.39 is 0 Å². The molecule has 1 aliphatic heterocycles.